The minimum atomic E-state index is 0.307. The topological polar surface area (TPSA) is 43.2 Å². The molecule has 0 fully saturated rings. The van der Waals surface area contributed by atoms with E-state index in [0.717, 1.165) is 41.9 Å². The van der Waals surface area contributed by atoms with Gasteiger partial charge in [-0.3, -0.25) is 0 Å². The fourth-order valence-corrected chi connectivity index (χ4v) is 5.03. The summed E-state index contributed by atoms with van der Waals surface area (Å²) >= 11 is 0. The molecule has 2 aliphatic carbocycles. The Hall–Kier alpha value is -3.66. The molecule has 34 heavy (non-hydrogen) atoms. The van der Waals surface area contributed by atoms with E-state index in [1.165, 1.54) is 32.0 Å². The number of rotatable bonds is 5. The Morgan fingerprint density at radius 1 is 0.882 bits per heavy atom. The van der Waals surface area contributed by atoms with Crippen LogP contribution in [0.2, 0.25) is 0 Å². The maximum atomic E-state index is 5.57. The molecule has 0 bridgehead atoms. The van der Waals surface area contributed by atoms with E-state index in [1.807, 2.05) is 6.07 Å². The molecule has 0 radical (unpaired) electrons. The second-order valence-electron chi connectivity index (χ2n) is 9.14. The molecule has 0 aliphatic heterocycles. The first-order valence-corrected chi connectivity index (χ1v) is 11.9. The highest BCUT2D eigenvalue weighted by molar-refractivity contribution is 6.11. The number of methoxy groups -OCH3 is 2. The van der Waals surface area contributed by atoms with Gasteiger partial charge in [-0.2, -0.15) is 10.2 Å². The van der Waals surface area contributed by atoms with Gasteiger partial charge in [0.1, 0.15) is 0 Å². The molecule has 4 nitrogen and oxygen atoms in total. The lowest BCUT2D eigenvalue weighted by Crippen LogP contribution is -2.22. The summed E-state index contributed by atoms with van der Waals surface area (Å²) in [6.45, 7) is 4.28. The van der Waals surface area contributed by atoms with Crippen molar-refractivity contribution in [2.24, 2.45) is 10.2 Å². The third-order valence-corrected chi connectivity index (χ3v) is 6.74. The second kappa shape index (κ2) is 9.30. The van der Waals surface area contributed by atoms with Crippen molar-refractivity contribution >= 4 is 24.1 Å². The minimum Gasteiger partial charge on any atom is -0.493 e. The summed E-state index contributed by atoms with van der Waals surface area (Å²) in [6.07, 6.45) is 9.21. The summed E-state index contributed by atoms with van der Waals surface area (Å²) in [5.41, 5.74) is 5.96. The van der Waals surface area contributed by atoms with Gasteiger partial charge in [0, 0.05) is 5.56 Å². The highest BCUT2D eigenvalue weighted by Gasteiger charge is 2.15. The van der Waals surface area contributed by atoms with E-state index in [2.05, 4.69) is 78.7 Å². The Kier molecular flexibility index (Phi) is 6.06. The van der Waals surface area contributed by atoms with E-state index in [9.17, 15) is 0 Å². The van der Waals surface area contributed by atoms with Crippen molar-refractivity contribution in [3.8, 4) is 11.5 Å². The van der Waals surface area contributed by atoms with Crippen molar-refractivity contribution in [2.45, 2.75) is 39.0 Å². The highest BCUT2D eigenvalue weighted by Crippen LogP contribution is 2.36. The lowest BCUT2D eigenvalue weighted by atomic mass is 9.88. The van der Waals surface area contributed by atoms with Crippen LogP contribution in [0.15, 0.2) is 58.7 Å². The van der Waals surface area contributed by atoms with E-state index < -0.39 is 0 Å². The van der Waals surface area contributed by atoms with Gasteiger partial charge < -0.3 is 9.47 Å². The van der Waals surface area contributed by atoms with Gasteiger partial charge in [0.25, 0.3) is 0 Å². The van der Waals surface area contributed by atoms with Gasteiger partial charge in [0.15, 0.2) is 11.5 Å². The molecular weight excluding hydrogens is 420 g/mol. The van der Waals surface area contributed by atoms with Gasteiger partial charge in [-0.25, -0.2) is 0 Å². The van der Waals surface area contributed by atoms with Crippen LogP contribution < -0.4 is 19.9 Å². The molecular formula is C30H30N2O2. The van der Waals surface area contributed by atoms with E-state index in [0.29, 0.717) is 11.7 Å². The first kappa shape index (κ1) is 22.1. The molecule has 0 heterocycles. The largest absolute Gasteiger partial charge is 0.493 e. The fourth-order valence-electron chi connectivity index (χ4n) is 5.03. The Bertz CT molecular complexity index is 1530. The lowest BCUT2D eigenvalue weighted by Gasteiger charge is -2.17. The molecule has 0 spiro atoms. The Morgan fingerprint density at radius 2 is 1.74 bits per heavy atom. The number of fused-ring (bicyclic) bond motifs is 4. The lowest BCUT2D eigenvalue weighted by molar-refractivity contribution is 0.350. The molecule has 0 saturated carbocycles. The summed E-state index contributed by atoms with van der Waals surface area (Å²) in [6, 6.07) is 17.2. The van der Waals surface area contributed by atoms with Crippen molar-refractivity contribution < 1.29 is 9.47 Å². The molecule has 4 heteroatoms. The van der Waals surface area contributed by atoms with E-state index >= 15 is 0 Å². The first-order valence-electron chi connectivity index (χ1n) is 11.9. The van der Waals surface area contributed by atoms with E-state index in [4.69, 9.17) is 9.47 Å². The van der Waals surface area contributed by atoms with Gasteiger partial charge in [-0.15, -0.1) is 0 Å². The van der Waals surface area contributed by atoms with Gasteiger partial charge in [0.05, 0.1) is 26.1 Å². The minimum absolute atomic E-state index is 0.307. The molecule has 0 unspecified atom stereocenters. The van der Waals surface area contributed by atoms with Crippen molar-refractivity contribution in [1.82, 2.24) is 0 Å². The number of hydrogen-bond donors (Lipinski definition) is 0. The Morgan fingerprint density at radius 3 is 2.53 bits per heavy atom. The molecule has 0 N–H and O–H groups in total. The highest BCUT2D eigenvalue weighted by atomic mass is 16.5. The molecule has 0 amide bonds. The molecule has 3 aromatic carbocycles. The van der Waals surface area contributed by atoms with Crippen LogP contribution in [0, 0.1) is 10.4 Å². The monoisotopic (exact) mass is 450 g/mol. The van der Waals surface area contributed by atoms with Crippen LogP contribution >= 0.6 is 0 Å². The standard InChI is InChI=1S/C30H30N2O2/c1-19(2)28-15-20(16-29(33-3)30(28)34-4)18-31-32-23-11-14-25-22(17-23)10-13-26-24-8-6-5-7-21(24)9-12-27(25)26/h5-10,13,15-19H,11-12,14H2,1-4H3/b31-18?,32-23-. The molecule has 3 aromatic rings. The maximum absolute atomic E-state index is 5.57. The van der Waals surface area contributed by atoms with Gasteiger partial charge >= 0.3 is 0 Å². The van der Waals surface area contributed by atoms with Gasteiger partial charge in [0.2, 0.25) is 0 Å². The van der Waals surface area contributed by atoms with Crippen LogP contribution in [0.5, 0.6) is 11.5 Å². The average molecular weight is 451 g/mol. The first-order chi connectivity index (χ1) is 16.6. The van der Waals surface area contributed by atoms with Crippen LogP contribution in [-0.2, 0) is 12.8 Å². The van der Waals surface area contributed by atoms with Crippen LogP contribution in [0.3, 0.4) is 0 Å². The molecule has 0 saturated heterocycles. The van der Waals surface area contributed by atoms with E-state index in [1.54, 1.807) is 20.4 Å². The number of benzene rings is 3. The van der Waals surface area contributed by atoms with Crippen LogP contribution in [0.4, 0.5) is 0 Å². The third kappa shape index (κ3) is 4.05. The van der Waals surface area contributed by atoms with Gasteiger partial charge in [-0.1, -0.05) is 56.3 Å². The summed E-state index contributed by atoms with van der Waals surface area (Å²) in [5.74, 6) is 1.80. The fraction of sp³-hybridized carbons (Fsp3) is 0.267. The SMILES string of the molecule is COc1cc(C=N/N=C2\C=c3ccc4c(c3CC2)CC=c2ccccc2=4)cc(C(C)C)c1OC. The zero-order chi connectivity index (χ0) is 23.7. The summed E-state index contributed by atoms with van der Waals surface area (Å²) in [5, 5.41) is 14.3. The Balaban J connectivity index is 1.49. The van der Waals surface area contributed by atoms with Crippen molar-refractivity contribution in [2.75, 3.05) is 14.2 Å². The van der Waals surface area contributed by atoms with Crippen molar-refractivity contribution in [3.05, 3.63) is 91.7 Å². The number of hydrogen-bond acceptors (Lipinski definition) is 4. The third-order valence-electron chi connectivity index (χ3n) is 6.74. The molecule has 5 rings (SSSR count). The number of ether oxygens (including phenoxy) is 2. The zero-order valence-corrected chi connectivity index (χ0v) is 20.3. The maximum Gasteiger partial charge on any atom is 0.164 e. The van der Waals surface area contributed by atoms with Crippen LogP contribution in [0.25, 0.3) is 12.2 Å². The van der Waals surface area contributed by atoms with Crippen molar-refractivity contribution in [1.29, 1.82) is 0 Å². The Labute approximate surface area is 200 Å². The molecule has 0 atom stereocenters. The predicted molar refractivity (Wildman–Crippen MR) is 139 cm³/mol. The number of nitrogens with zero attached hydrogens (tertiary/aromatic N) is 2. The summed E-state index contributed by atoms with van der Waals surface area (Å²) in [7, 11) is 3.33. The van der Waals surface area contributed by atoms with Crippen molar-refractivity contribution in [3.63, 3.8) is 0 Å². The predicted octanol–water partition coefficient (Wildman–Crippen LogP) is 4.65. The average Bonchev–Trinajstić information content (AvgIpc) is 2.87. The van der Waals surface area contributed by atoms with Gasteiger partial charge in [-0.05, 0) is 81.0 Å². The summed E-state index contributed by atoms with van der Waals surface area (Å²) < 4.78 is 11.1. The van der Waals surface area contributed by atoms with Crippen LogP contribution in [0.1, 0.15) is 48.4 Å². The zero-order valence-electron chi connectivity index (χ0n) is 20.3. The summed E-state index contributed by atoms with van der Waals surface area (Å²) in [4.78, 5) is 0. The molecule has 172 valence electrons. The smallest absolute Gasteiger partial charge is 0.164 e. The quantitative estimate of drug-likeness (QED) is 0.419. The molecule has 0 aromatic heterocycles. The normalized spacial score (nSPS) is 15.4. The second-order valence-corrected chi connectivity index (χ2v) is 9.14. The van der Waals surface area contributed by atoms with E-state index in [-0.39, 0.29) is 0 Å². The molecule has 2 aliphatic rings. The van der Waals surface area contributed by atoms with Crippen LogP contribution in [-0.4, -0.2) is 26.1 Å².